The van der Waals surface area contributed by atoms with Gasteiger partial charge in [-0.1, -0.05) is 13.8 Å². The van der Waals surface area contributed by atoms with Crippen molar-refractivity contribution < 1.29 is 4.79 Å². The molecule has 160 valence electrons. The van der Waals surface area contributed by atoms with Crippen LogP contribution < -0.4 is 5.32 Å². The molecule has 2 rings (SSSR count). The van der Waals surface area contributed by atoms with Crippen molar-refractivity contribution >= 4 is 6.29 Å². The fraction of sp³-hybridized carbons (Fsp3) is 0.818. The summed E-state index contributed by atoms with van der Waals surface area (Å²) >= 11 is 0. The van der Waals surface area contributed by atoms with Crippen molar-refractivity contribution in [2.75, 3.05) is 47.3 Å². The molecule has 0 unspecified atom stereocenters. The lowest BCUT2D eigenvalue weighted by atomic mass is 9.68. The van der Waals surface area contributed by atoms with Crippen LogP contribution in [-0.2, 0) is 11.3 Å². The lowest BCUT2D eigenvalue weighted by Crippen LogP contribution is -2.34. The molecule has 0 radical (unpaired) electrons. The van der Waals surface area contributed by atoms with Gasteiger partial charge in [-0.25, -0.2) is 0 Å². The van der Waals surface area contributed by atoms with Gasteiger partial charge in [0.1, 0.15) is 6.29 Å². The van der Waals surface area contributed by atoms with Gasteiger partial charge in [-0.3, -0.25) is 5.10 Å². The predicted molar refractivity (Wildman–Crippen MR) is 116 cm³/mol. The molecule has 6 heteroatoms. The van der Waals surface area contributed by atoms with E-state index in [-0.39, 0.29) is 5.41 Å². The van der Waals surface area contributed by atoms with E-state index in [4.69, 9.17) is 0 Å². The maximum absolute atomic E-state index is 12.0. The highest BCUT2D eigenvalue weighted by molar-refractivity contribution is 5.59. The number of aldehydes is 1. The minimum atomic E-state index is -0.137. The number of hydrogen-bond donors (Lipinski definition) is 2. The van der Waals surface area contributed by atoms with E-state index < -0.39 is 0 Å². The van der Waals surface area contributed by atoms with Gasteiger partial charge in [0.2, 0.25) is 0 Å². The summed E-state index contributed by atoms with van der Waals surface area (Å²) in [6.45, 7) is 9.51. The third-order valence-electron chi connectivity index (χ3n) is 6.22. The highest BCUT2D eigenvalue weighted by Gasteiger charge is 2.36. The molecule has 0 saturated heterocycles. The average Bonchev–Trinajstić information content (AvgIpc) is 3.12. The molecule has 0 bridgehead atoms. The van der Waals surface area contributed by atoms with Crippen LogP contribution in [-0.4, -0.2) is 73.6 Å². The van der Waals surface area contributed by atoms with Crippen LogP contribution in [0, 0.1) is 11.3 Å². The summed E-state index contributed by atoms with van der Waals surface area (Å²) in [6, 6.07) is 0. The Kier molecular flexibility index (Phi) is 9.12. The lowest BCUT2D eigenvalue weighted by Gasteiger charge is -2.37. The van der Waals surface area contributed by atoms with Crippen LogP contribution in [0.3, 0.4) is 0 Å². The maximum atomic E-state index is 12.0. The molecule has 0 aromatic carbocycles. The zero-order valence-corrected chi connectivity index (χ0v) is 18.6. The first-order chi connectivity index (χ1) is 13.4. The zero-order chi connectivity index (χ0) is 20.6. The fourth-order valence-electron chi connectivity index (χ4n) is 4.50. The Hall–Kier alpha value is -1.24. The summed E-state index contributed by atoms with van der Waals surface area (Å²) in [5.74, 6) is 1.14. The van der Waals surface area contributed by atoms with E-state index in [0.29, 0.717) is 11.8 Å². The molecule has 1 saturated carbocycles. The van der Waals surface area contributed by atoms with E-state index in [1.807, 2.05) is 13.2 Å². The van der Waals surface area contributed by atoms with Crippen molar-refractivity contribution in [3.63, 3.8) is 0 Å². The monoisotopic (exact) mass is 391 g/mol. The van der Waals surface area contributed by atoms with Gasteiger partial charge in [0.15, 0.2) is 0 Å². The van der Waals surface area contributed by atoms with Gasteiger partial charge in [0.25, 0.3) is 0 Å². The van der Waals surface area contributed by atoms with Gasteiger partial charge in [-0.15, -0.1) is 0 Å². The van der Waals surface area contributed by atoms with Crippen LogP contribution in [0.25, 0.3) is 0 Å². The molecule has 1 fully saturated rings. The first-order valence-electron chi connectivity index (χ1n) is 10.9. The highest BCUT2D eigenvalue weighted by atomic mass is 16.1. The summed E-state index contributed by atoms with van der Waals surface area (Å²) < 4.78 is 0. The molecule has 0 atom stereocenters. The van der Waals surface area contributed by atoms with Crippen molar-refractivity contribution in [2.45, 2.75) is 58.4 Å². The molecule has 1 heterocycles. The lowest BCUT2D eigenvalue weighted by molar-refractivity contribution is -0.118. The van der Waals surface area contributed by atoms with E-state index in [1.165, 1.54) is 17.5 Å². The van der Waals surface area contributed by atoms with Crippen LogP contribution >= 0.6 is 0 Å². The number of hydrogen-bond acceptors (Lipinski definition) is 5. The minimum absolute atomic E-state index is 0.137. The molecule has 0 aliphatic heterocycles. The van der Waals surface area contributed by atoms with Gasteiger partial charge in [-0.2, -0.15) is 5.10 Å². The number of H-pyrrole nitrogens is 1. The quantitative estimate of drug-likeness (QED) is 0.537. The van der Waals surface area contributed by atoms with Crippen molar-refractivity contribution in [3.05, 3.63) is 17.5 Å². The van der Waals surface area contributed by atoms with Gasteiger partial charge < -0.3 is 19.9 Å². The number of nitrogens with zero attached hydrogens (tertiary/aromatic N) is 3. The molecule has 1 aliphatic carbocycles. The van der Waals surface area contributed by atoms with E-state index in [1.54, 1.807) is 0 Å². The molecular weight excluding hydrogens is 350 g/mol. The number of aromatic amines is 1. The Bertz CT molecular complexity index is 577. The number of carbonyl (C=O) groups is 1. The van der Waals surface area contributed by atoms with Crippen LogP contribution in [0.15, 0.2) is 6.20 Å². The topological polar surface area (TPSA) is 64.3 Å². The smallest absolute Gasteiger partial charge is 0.126 e. The molecule has 28 heavy (non-hydrogen) atoms. The van der Waals surface area contributed by atoms with E-state index in [9.17, 15) is 4.79 Å². The second-order valence-corrected chi connectivity index (χ2v) is 9.30. The first-order valence-corrected chi connectivity index (χ1v) is 10.9. The summed E-state index contributed by atoms with van der Waals surface area (Å²) in [6.07, 6.45) is 8.37. The highest BCUT2D eigenvalue weighted by Crippen LogP contribution is 2.44. The Balaban J connectivity index is 1.90. The van der Waals surface area contributed by atoms with Crippen LogP contribution in [0.4, 0.5) is 0 Å². The standard InChI is InChI=1S/C22H41N5O/c1-18(2)15-26(4)12-10-22(17-28)8-6-19(7-9-22)21-20(14-24-25-21)16-27(5)13-11-23-3/h14,17-19,23H,6-13,15-16H2,1-5H3,(H,24,25)/t19-,22+. The van der Waals surface area contributed by atoms with Crippen molar-refractivity contribution in [1.29, 1.82) is 0 Å². The molecule has 2 N–H and O–H groups in total. The van der Waals surface area contributed by atoms with Crippen LogP contribution in [0.2, 0.25) is 0 Å². The second-order valence-electron chi connectivity index (χ2n) is 9.30. The number of rotatable bonds is 12. The van der Waals surface area contributed by atoms with E-state index >= 15 is 0 Å². The van der Waals surface area contributed by atoms with Gasteiger partial charge in [-0.05, 0) is 65.7 Å². The first kappa shape index (κ1) is 23.0. The molecule has 0 amide bonds. The Labute approximate surface area is 171 Å². The maximum Gasteiger partial charge on any atom is 0.126 e. The third-order valence-corrected chi connectivity index (χ3v) is 6.22. The predicted octanol–water partition coefficient (Wildman–Crippen LogP) is 2.88. The molecule has 6 nitrogen and oxygen atoms in total. The normalized spacial score (nSPS) is 23.1. The van der Waals surface area contributed by atoms with Gasteiger partial charge >= 0.3 is 0 Å². The van der Waals surface area contributed by atoms with E-state index in [0.717, 1.165) is 64.8 Å². The molecule has 1 aromatic rings. The van der Waals surface area contributed by atoms with Gasteiger partial charge in [0.05, 0.1) is 5.69 Å². The van der Waals surface area contributed by atoms with Gasteiger partial charge in [0, 0.05) is 49.3 Å². The number of aromatic nitrogens is 2. The number of carbonyl (C=O) groups excluding carboxylic acids is 1. The molecule has 0 spiro atoms. The largest absolute Gasteiger partial charge is 0.318 e. The van der Waals surface area contributed by atoms with Crippen molar-refractivity contribution in [1.82, 2.24) is 25.3 Å². The summed E-state index contributed by atoms with van der Waals surface area (Å²) in [4.78, 5) is 16.7. The van der Waals surface area contributed by atoms with Crippen LogP contribution in [0.5, 0.6) is 0 Å². The third kappa shape index (κ3) is 6.68. The summed E-state index contributed by atoms with van der Waals surface area (Å²) in [7, 11) is 6.31. The van der Waals surface area contributed by atoms with E-state index in [2.05, 4.69) is 53.3 Å². The summed E-state index contributed by atoms with van der Waals surface area (Å²) in [5, 5.41) is 10.9. The summed E-state index contributed by atoms with van der Waals surface area (Å²) in [5.41, 5.74) is 2.38. The van der Waals surface area contributed by atoms with Crippen LogP contribution in [0.1, 0.15) is 63.1 Å². The average molecular weight is 392 g/mol. The SMILES string of the molecule is CNCCN(C)Cc1c[nH]nc1[C@H]1CC[C@](C=O)(CCN(C)CC(C)C)CC1. The molecule has 1 aliphatic rings. The molecule has 1 aromatic heterocycles. The fourth-order valence-corrected chi connectivity index (χ4v) is 4.50. The second kappa shape index (κ2) is 11.1. The molecular formula is C22H41N5O. The Morgan fingerprint density at radius 2 is 2.00 bits per heavy atom. The Morgan fingerprint density at radius 3 is 2.61 bits per heavy atom. The number of likely N-dealkylation sites (N-methyl/N-ethyl adjacent to an activating group) is 2. The number of nitrogens with one attached hydrogen (secondary N) is 2. The Morgan fingerprint density at radius 1 is 1.29 bits per heavy atom. The zero-order valence-electron chi connectivity index (χ0n) is 18.6. The van der Waals surface area contributed by atoms with Crippen molar-refractivity contribution in [2.24, 2.45) is 11.3 Å². The van der Waals surface area contributed by atoms with Crippen molar-refractivity contribution in [3.8, 4) is 0 Å². The minimum Gasteiger partial charge on any atom is -0.318 e.